The lowest BCUT2D eigenvalue weighted by Gasteiger charge is -2.17. The third-order valence-corrected chi connectivity index (χ3v) is 6.35. The first-order valence-corrected chi connectivity index (χ1v) is 11.7. The normalized spacial score (nSPS) is 16.1. The molecule has 0 bridgehead atoms. The van der Waals surface area contributed by atoms with E-state index in [1.165, 1.54) is 17.8 Å². The Morgan fingerprint density at radius 3 is 2.84 bits per heavy atom. The Hall–Kier alpha value is -2.71. The molecule has 1 aliphatic heterocycles. The zero-order chi connectivity index (χ0) is 22.7. The summed E-state index contributed by atoms with van der Waals surface area (Å²) in [6, 6.07) is 11.5. The fourth-order valence-corrected chi connectivity index (χ4v) is 4.70. The molecule has 0 aliphatic carbocycles. The van der Waals surface area contributed by atoms with E-state index in [9.17, 15) is 14.0 Å². The number of nitrogens with zero attached hydrogens (tertiary/aromatic N) is 2. The van der Waals surface area contributed by atoms with Gasteiger partial charge in [-0.05, 0) is 56.5 Å². The number of halogens is 1. The summed E-state index contributed by atoms with van der Waals surface area (Å²) in [6.07, 6.45) is 1.80. The summed E-state index contributed by atoms with van der Waals surface area (Å²) < 4.78 is 21.5. The number of benzene rings is 2. The molecule has 6 nitrogen and oxygen atoms in total. The molecule has 0 radical (unpaired) electrons. The standard InChI is InChI=1S/C24H26FN3O3S/c1-15(2)26-22(29)16-9-10-19-21(12-16)27-24(32-14-17-6-3-4-8-20(17)25)28(23(19)30)13-18-7-5-11-31-18/h3-4,6,8-10,12,15,18H,5,7,11,13-14H2,1-2H3,(H,26,29)/t18-/m0/s1. The highest BCUT2D eigenvalue weighted by atomic mass is 32.2. The Balaban J connectivity index is 1.73. The Morgan fingerprint density at radius 1 is 1.31 bits per heavy atom. The van der Waals surface area contributed by atoms with Gasteiger partial charge in [0.25, 0.3) is 11.5 Å². The van der Waals surface area contributed by atoms with Crippen LogP contribution < -0.4 is 10.9 Å². The van der Waals surface area contributed by atoms with Crippen LogP contribution in [0.3, 0.4) is 0 Å². The minimum Gasteiger partial charge on any atom is -0.376 e. The lowest BCUT2D eigenvalue weighted by Crippen LogP contribution is -2.31. The van der Waals surface area contributed by atoms with Gasteiger partial charge in [0, 0.05) is 24.0 Å². The van der Waals surface area contributed by atoms with Crippen molar-refractivity contribution in [2.45, 2.75) is 56.3 Å². The van der Waals surface area contributed by atoms with E-state index in [-0.39, 0.29) is 29.4 Å². The van der Waals surface area contributed by atoms with E-state index in [2.05, 4.69) is 5.32 Å². The molecule has 1 aliphatic rings. The van der Waals surface area contributed by atoms with E-state index in [0.29, 0.717) is 46.1 Å². The molecule has 2 heterocycles. The zero-order valence-electron chi connectivity index (χ0n) is 18.1. The van der Waals surface area contributed by atoms with Crippen molar-refractivity contribution in [3.05, 3.63) is 69.8 Å². The van der Waals surface area contributed by atoms with E-state index in [4.69, 9.17) is 9.72 Å². The molecule has 3 aromatic rings. The summed E-state index contributed by atoms with van der Waals surface area (Å²) in [7, 11) is 0. The lowest BCUT2D eigenvalue weighted by atomic mass is 10.1. The number of thioether (sulfide) groups is 1. The van der Waals surface area contributed by atoms with Crippen molar-refractivity contribution in [2.75, 3.05) is 6.61 Å². The Bertz CT molecular complexity index is 1190. The summed E-state index contributed by atoms with van der Waals surface area (Å²) >= 11 is 1.31. The number of aromatic nitrogens is 2. The van der Waals surface area contributed by atoms with Gasteiger partial charge in [0.1, 0.15) is 5.82 Å². The molecule has 1 saturated heterocycles. The molecule has 32 heavy (non-hydrogen) atoms. The zero-order valence-corrected chi connectivity index (χ0v) is 19.0. The van der Waals surface area contributed by atoms with Crippen molar-refractivity contribution < 1.29 is 13.9 Å². The van der Waals surface area contributed by atoms with Gasteiger partial charge in [-0.1, -0.05) is 30.0 Å². The van der Waals surface area contributed by atoms with Crippen LogP contribution in [0.5, 0.6) is 0 Å². The summed E-state index contributed by atoms with van der Waals surface area (Å²) in [6.45, 7) is 4.86. The predicted molar refractivity (Wildman–Crippen MR) is 124 cm³/mol. The number of hydrogen-bond donors (Lipinski definition) is 1. The lowest BCUT2D eigenvalue weighted by molar-refractivity contribution is 0.0937. The molecular formula is C24H26FN3O3S. The smallest absolute Gasteiger partial charge is 0.262 e. The molecule has 0 spiro atoms. The van der Waals surface area contributed by atoms with Gasteiger partial charge in [-0.15, -0.1) is 0 Å². The highest BCUT2D eigenvalue weighted by molar-refractivity contribution is 7.98. The average molecular weight is 456 g/mol. The molecule has 8 heteroatoms. The van der Waals surface area contributed by atoms with Gasteiger partial charge in [0.15, 0.2) is 5.16 Å². The van der Waals surface area contributed by atoms with Crippen LogP contribution >= 0.6 is 11.8 Å². The van der Waals surface area contributed by atoms with Gasteiger partial charge in [0.05, 0.1) is 23.6 Å². The van der Waals surface area contributed by atoms with Crippen LogP contribution in [0.2, 0.25) is 0 Å². The van der Waals surface area contributed by atoms with Crippen LogP contribution in [0, 0.1) is 5.82 Å². The third-order valence-electron chi connectivity index (χ3n) is 5.33. The van der Waals surface area contributed by atoms with Crippen molar-refractivity contribution in [1.29, 1.82) is 0 Å². The van der Waals surface area contributed by atoms with Crippen LogP contribution in [0.1, 0.15) is 42.6 Å². The molecule has 1 N–H and O–H groups in total. The maximum atomic E-state index is 14.1. The van der Waals surface area contributed by atoms with E-state index in [1.54, 1.807) is 41.0 Å². The van der Waals surface area contributed by atoms with Crippen LogP contribution in [0.4, 0.5) is 4.39 Å². The van der Waals surface area contributed by atoms with Crippen molar-refractivity contribution in [2.24, 2.45) is 0 Å². The fraction of sp³-hybridized carbons (Fsp3) is 0.375. The van der Waals surface area contributed by atoms with Gasteiger partial charge < -0.3 is 10.1 Å². The van der Waals surface area contributed by atoms with Crippen molar-refractivity contribution >= 4 is 28.6 Å². The number of carbonyl (C=O) groups excluding carboxylic acids is 1. The summed E-state index contributed by atoms with van der Waals surface area (Å²) in [4.78, 5) is 30.5. The molecule has 168 valence electrons. The van der Waals surface area contributed by atoms with Crippen LogP contribution in [0.15, 0.2) is 52.4 Å². The number of nitrogens with one attached hydrogen (secondary N) is 1. The van der Waals surface area contributed by atoms with E-state index in [0.717, 1.165) is 12.8 Å². The van der Waals surface area contributed by atoms with Crippen LogP contribution in [0.25, 0.3) is 10.9 Å². The second-order valence-corrected chi connectivity index (χ2v) is 9.13. The number of ether oxygens (including phenoxy) is 1. The molecule has 1 amide bonds. The minimum atomic E-state index is -0.290. The Labute approximate surface area is 190 Å². The summed E-state index contributed by atoms with van der Waals surface area (Å²) in [5, 5.41) is 3.78. The minimum absolute atomic E-state index is 0.00236. The SMILES string of the molecule is CC(C)NC(=O)c1ccc2c(=O)n(C[C@@H]3CCCO3)c(SCc3ccccc3F)nc2c1. The quantitative estimate of drug-likeness (QED) is 0.428. The molecular weight excluding hydrogens is 429 g/mol. The first-order valence-electron chi connectivity index (χ1n) is 10.8. The predicted octanol–water partition coefficient (Wildman–Crippen LogP) is 4.15. The highest BCUT2D eigenvalue weighted by Gasteiger charge is 2.21. The third kappa shape index (κ3) is 5.02. The molecule has 1 atom stereocenters. The second-order valence-electron chi connectivity index (χ2n) is 8.19. The van der Waals surface area contributed by atoms with Crippen molar-refractivity contribution in [1.82, 2.24) is 14.9 Å². The average Bonchev–Trinajstić information content (AvgIpc) is 3.28. The highest BCUT2D eigenvalue weighted by Crippen LogP contribution is 2.25. The second kappa shape index (κ2) is 9.83. The molecule has 2 aromatic carbocycles. The first-order chi connectivity index (χ1) is 15.4. The largest absolute Gasteiger partial charge is 0.376 e. The van der Waals surface area contributed by atoms with Gasteiger partial charge in [0.2, 0.25) is 0 Å². The van der Waals surface area contributed by atoms with Crippen LogP contribution in [-0.4, -0.2) is 34.2 Å². The fourth-order valence-electron chi connectivity index (χ4n) is 3.71. The molecule has 0 saturated carbocycles. The Kier molecular flexibility index (Phi) is 6.91. The van der Waals surface area contributed by atoms with Gasteiger partial charge in [-0.25, -0.2) is 9.37 Å². The van der Waals surface area contributed by atoms with Gasteiger partial charge >= 0.3 is 0 Å². The monoisotopic (exact) mass is 455 g/mol. The van der Waals surface area contributed by atoms with E-state index >= 15 is 0 Å². The number of hydrogen-bond acceptors (Lipinski definition) is 5. The van der Waals surface area contributed by atoms with E-state index < -0.39 is 0 Å². The first kappa shape index (κ1) is 22.5. The van der Waals surface area contributed by atoms with Gasteiger partial charge in [-0.2, -0.15) is 0 Å². The number of rotatable bonds is 7. The maximum Gasteiger partial charge on any atom is 0.262 e. The van der Waals surface area contributed by atoms with Crippen molar-refractivity contribution in [3.63, 3.8) is 0 Å². The molecule has 0 unspecified atom stereocenters. The van der Waals surface area contributed by atoms with Crippen molar-refractivity contribution in [3.8, 4) is 0 Å². The summed E-state index contributed by atoms with van der Waals surface area (Å²) in [5.74, 6) is -0.168. The molecule has 1 aromatic heterocycles. The number of amides is 1. The number of carbonyl (C=O) groups is 1. The van der Waals surface area contributed by atoms with Crippen LogP contribution in [-0.2, 0) is 17.0 Å². The molecule has 4 rings (SSSR count). The number of fused-ring (bicyclic) bond motifs is 1. The van der Waals surface area contributed by atoms with Gasteiger partial charge in [-0.3, -0.25) is 14.2 Å². The summed E-state index contributed by atoms with van der Waals surface area (Å²) in [5.41, 5.74) is 1.25. The maximum absolute atomic E-state index is 14.1. The molecule has 1 fully saturated rings. The Morgan fingerprint density at radius 2 is 2.12 bits per heavy atom. The topological polar surface area (TPSA) is 73.2 Å². The van der Waals surface area contributed by atoms with E-state index in [1.807, 2.05) is 13.8 Å².